The highest BCUT2D eigenvalue weighted by atomic mass is 32.2. The molecule has 0 unspecified atom stereocenters. The van der Waals surface area contributed by atoms with Crippen LogP contribution in [0, 0.1) is 0 Å². The van der Waals surface area contributed by atoms with Crippen LogP contribution in [0.25, 0.3) is 11.3 Å². The van der Waals surface area contributed by atoms with Gasteiger partial charge < -0.3 is 0 Å². The van der Waals surface area contributed by atoms with Crippen LogP contribution < -0.4 is 10.9 Å². The number of nitrogens with zero attached hydrogens (tertiary/aromatic N) is 1. The zero-order valence-electron chi connectivity index (χ0n) is 13.0. The molecular formula is C16H20N4O2S. The van der Waals surface area contributed by atoms with Gasteiger partial charge in [0.15, 0.2) is 0 Å². The molecule has 0 aliphatic rings. The zero-order chi connectivity index (χ0) is 16.5. The molecular weight excluding hydrogens is 312 g/mol. The number of nitrogens with one attached hydrogen (secondary N) is 3. The number of aromatic nitrogens is 2. The highest BCUT2D eigenvalue weighted by Crippen LogP contribution is 2.16. The number of hydrogen-bond acceptors (Lipinski definition) is 4. The molecule has 2 amide bonds. The lowest BCUT2D eigenvalue weighted by molar-refractivity contribution is -0.119. The van der Waals surface area contributed by atoms with E-state index in [1.54, 1.807) is 17.8 Å². The van der Waals surface area contributed by atoms with Crippen molar-refractivity contribution in [2.24, 2.45) is 0 Å². The van der Waals surface area contributed by atoms with Gasteiger partial charge in [0.05, 0.1) is 11.4 Å². The minimum absolute atomic E-state index is 0.220. The number of amides is 2. The van der Waals surface area contributed by atoms with Gasteiger partial charge in [0.1, 0.15) is 5.69 Å². The van der Waals surface area contributed by atoms with Gasteiger partial charge in [0, 0.05) is 5.56 Å². The molecule has 2 rings (SSSR count). The summed E-state index contributed by atoms with van der Waals surface area (Å²) < 4.78 is 0. The van der Waals surface area contributed by atoms with Crippen LogP contribution in [-0.2, 0) is 4.79 Å². The van der Waals surface area contributed by atoms with E-state index in [1.165, 1.54) is 0 Å². The summed E-state index contributed by atoms with van der Waals surface area (Å²) in [5.74, 6) is 0.631. The molecule has 6 nitrogen and oxygen atoms in total. The van der Waals surface area contributed by atoms with Gasteiger partial charge in [-0.05, 0) is 18.2 Å². The number of rotatable bonds is 7. The molecule has 0 atom stereocenters. The zero-order valence-corrected chi connectivity index (χ0v) is 13.8. The molecule has 1 aromatic heterocycles. The van der Waals surface area contributed by atoms with E-state index in [0.29, 0.717) is 17.1 Å². The Balaban J connectivity index is 1.80. The number of benzene rings is 1. The van der Waals surface area contributed by atoms with Gasteiger partial charge in [0.2, 0.25) is 5.91 Å². The third-order valence-corrected chi connectivity index (χ3v) is 4.13. The van der Waals surface area contributed by atoms with E-state index in [9.17, 15) is 9.59 Å². The molecule has 0 fully saturated rings. The number of thioether (sulfide) groups is 1. The van der Waals surface area contributed by atoms with Crippen molar-refractivity contribution in [2.75, 3.05) is 11.5 Å². The Kier molecular flexibility index (Phi) is 6.68. The lowest BCUT2D eigenvalue weighted by Crippen LogP contribution is -2.42. The Hall–Kier alpha value is -2.28. The van der Waals surface area contributed by atoms with E-state index in [0.717, 1.165) is 24.2 Å². The van der Waals surface area contributed by atoms with Crippen LogP contribution in [-0.4, -0.2) is 33.5 Å². The molecule has 122 valence electrons. The van der Waals surface area contributed by atoms with Crippen LogP contribution in [0.15, 0.2) is 36.4 Å². The van der Waals surface area contributed by atoms with E-state index < -0.39 is 5.91 Å². The second-order valence-electron chi connectivity index (χ2n) is 4.94. The number of aromatic amines is 1. The van der Waals surface area contributed by atoms with Crippen LogP contribution in [0.2, 0.25) is 0 Å². The van der Waals surface area contributed by atoms with Gasteiger partial charge in [-0.15, -0.1) is 0 Å². The molecule has 2 aromatic rings. The van der Waals surface area contributed by atoms with E-state index in [2.05, 4.69) is 28.0 Å². The van der Waals surface area contributed by atoms with Crippen LogP contribution in [0.5, 0.6) is 0 Å². The van der Waals surface area contributed by atoms with Crippen molar-refractivity contribution in [3.8, 4) is 11.3 Å². The van der Waals surface area contributed by atoms with Gasteiger partial charge in [-0.1, -0.05) is 43.7 Å². The molecule has 0 saturated carbocycles. The summed E-state index contributed by atoms with van der Waals surface area (Å²) in [6.07, 6.45) is 2.19. The molecule has 3 N–H and O–H groups in total. The second kappa shape index (κ2) is 8.99. The molecule has 0 aliphatic heterocycles. The number of hydrogen-bond donors (Lipinski definition) is 3. The molecule has 1 aromatic carbocycles. The summed E-state index contributed by atoms with van der Waals surface area (Å²) >= 11 is 1.55. The smallest absolute Gasteiger partial charge is 0.272 e. The SMILES string of the molecule is CCCCSCC(=O)NNC(=O)c1cc(-c2ccccc2)n[nH]1. The number of H-pyrrole nitrogens is 1. The summed E-state index contributed by atoms with van der Waals surface area (Å²) in [5, 5.41) is 6.77. The van der Waals surface area contributed by atoms with Gasteiger partial charge in [-0.25, -0.2) is 0 Å². The van der Waals surface area contributed by atoms with Gasteiger partial charge >= 0.3 is 0 Å². The topological polar surface area (TPSA) is 86.9 Å². The van der Waals surface area contributed by atoms with Crippen LogP contribution in [0.3, 0.4) is 0 Å². The Bertz CT molecular complexity index is 643. The normalized spacial score (nSPS) is 10.3. The summed E-state index contributed by atoms with van der Waals surface area (Å²) in [7, 11) is 0. The third-order valence-electron chi connectivity index (χ3n) is 3.08. The van der Waals surface area contributed by atoms with Gasteiger partial charge in [-0.3, -0.25) is 25.5 Å². The van der Waals surface area contributed by atoms with Crippen molar-refractivity contribution in [3.63, 3.8) is 0 Å². The molecule has 23 heavy (non-hydrogen) atoms. The predicted octanol–water partition coefficient (Wildman–Crippen LogP) is 2.37. The Morgan fingerprint density at radius 1 is 1.22 bits per heavy atom. The minimum atomic E-state index is -0.424. The second-order valence-corrected chi connectivity index (χ2v) is 6.05. The lowest BCUT2D eigenvalue weighted by atomic mass is 10.1. The van der Waals surface area contributed by atoms with E-state index in [4.69, 9.17) is 0 Å². The van der Waals surface area contributed by atoms with Crippen molar-refractivity contribution < 1.29 is 9.59 Å². The first kappa shape index (κ1) is 17.1. The summed E-state index contributed by atoms with van der Waals surface area (Å²) in [4.78, 5) is 23.6. The largest absolute Gasteiger partial charge is 0.287 e. The maximum atomic E-state index is 12.0. The van der Waals surface area contributed by atoms with Crippen molar-refractivity contribution in [1.82, 2.24) is 21.0 Å². The van der Waals surface area contributed by atoms with E-state index in [-0.39, 0.29) is 5.91 Å². The first-order valence-electron chi connectivity index (χ1n) is 7.48. The highest BCUT2D eigenvalue weighted by molar-refractivity contribution is 7.99. The van der Waals surface area contributed by atoms with Gasteiger partial charge in [0.25, 0.3) is 5.91 Å². The number of hydrazine groups is 1. The Morgan fingerprint density at radius 2 is 2.00 bits per heavy atom. The molecule has 7 heteroatoms. The van der Waals surface area contributed by atoms with Crippen molar-refractivity contribution in [3.05, 3.63) is 42.1 Å². The molecule has 0 radical (unpaired) electrons. The Labute approximate surface area is 139 Å². The molecule has 0 saturated heterocycles. The first-order chi connectivity index (χ1) is 11.2. The number of carbonyl (C=O) groups excluding carboxylic acids is 2. The number of carbonyl (C=O) groups is 2. The lowest BCUT2D eigenvalue weighted by Gasteiger charge is -2.05. The fraction of sp³-hybridized carbons (Fsp3) is 0.312. The van der Waals surface area contributed by atoms with Crippen LogP contribution >= 0.6 is 11.8 Å². The average Bonchev–Trinajstić information content (AvgIpc) is 3.07. The highest BCUT2D eigenvalue weighted by Gasteiger charge is 2.11. The molecule has 0 spiro atoms. The molecule has 0 aliphatic carbocycles. The van der Waals surface area contributed by atoms with Crippen molar-refractivity contribution in [1.29, 1.82) is 0 Å². The maximum absolute atomic E-state index is 12.0. The standard InChI is InChI=1S/C16H20N4O2S/c1-2-3-9-23-11-15(21)19-20-16(22)14-10-13(17-18-14)12-7-5-4-6-8-12/h4-8,10H,2-3,9,11H2,1H3,(H,17,18)(H,19,21)(H,20,22). The van der Waals surface area contributed by atoms with Crippen molar-refractivity contribution in [2.45, 2.75) is 19.8 Å². The first-order valence-corrected chi connectivity index (χ1v) is 8.64. The predicted molar refractivity (Wildman–Crippen MR) is 91.9 cm³/mol. The van der Waals surface area contributed by atoms with Gasteiger partial charge in [-0.2, -0.15) is 16.9 Å². The third kappa shape index (κ3) is 5.45. The fourth-order valence-corrected chi connectivity index (χ4v) is 2.73. The fourth-order valence-electron chi connectivity index (χ4n) is 1.84. The molecule has 0 bridgehead atoms. The van der Waals surface area contributed by atoms with Crippen LogP contribution in [0.1, 0.15) is 30.3 Å². The summed E-state index contributed by atoms with van der Waals surface area (Å²) in [6, 6.07) is 11.2. The van der Waals surface area contributed by atoms with Crippen molar-refractivity contribution >= 4 is 23.6 Å². The van der Waals surface area contributed by atoms with Crippen LogP contribution in [0.4, 0.5) is 0 Å². The minimum Gasteiger partial charge on any atom is -0.272 e. The maximum Gasteiger partial charge on any atom is 0.287 e. The summed E-state index contributed by atoms with van der Waals surface area (Å²) in [6.45, 7) is 2.11. The average molecular weight is 332 g/mol. The Morgan fingerprint density at radius 3 is 2.74 bits per heavy atom. The quantitative estimate of drug-likeness (QED) is 0.537. The monoisotopic (exact) mass is 332 g/mol. The van der Waals surface area contributed by atoms with E-state index >= 15 is 0 Å². The summed E-state index contributed by atoms with van der Waals surface area (Å²) in [5.41, 5.74) is 6.67. The number of unbranched alkanes of at least 4 members (excludes halogenated alkanes) is 1. The molecule has 1 heterocycles. The van der Waals surface area contributed by atoms with E-state index in [1.807, 2.05) is 30.3 Å².